The highest BCUT2D eigenvalue weighted by atomic mass is 32.2. The molecule has 0 aliphatic carbocycles. The summed E-state index contributed by atoms with van der Waals surface area (Å²) in [6.45, 7) is 2.31. The summed E-state index contributed by atoms with van der Waals surface area (Å²) in [6, 6.07) is 5.47. The average Bonchev–Trinajstić information content (AvgIpc) is 3.48. The van der Waals surface area contributed by atoms with E-state index in [0.29, 0.717) is 51.3 Å². The number of hydrogen-bond acceptors (Lipinski definition) is 7. The van der Waals surface area contributed by atoms with Gasteiger partial charge in [0.2, 0.25) is 0 Å². The van der Waals surface area contributed by atoms with Gasteiger partial charge in [0.05, 0.1) is 41.3 Å². The van der Waals surface area contributed by atoms with Crippen molar-refractivity contribution in [1.29, 1.82) is 0 Å². The topological polar surface area (TPSA) is 90.7 Å². The molecule has 5 heterocycles. The summed E-state index contributed by atoms with van der Waals surface area (Å²) in [5.41, 5.74) is 1.17. The Morgan fingerprint density at radius 1 is 1.24 bits per heavy atom. The Kier molecular flexibility index (Phi) is 4.77. The van der Waals surface area contributed by atoms with E-state index in [2.05, 4.69) is 5.10 Å². The number of hydrogen-bond donors (Lipinski definition) is 0. The number of rotatable bonds is 3. The van der Waals surface area contributed by atoms with Crippen molar-refractivity contribution in [3.05, 3.63) is 29.3 Å². The van der Waals surface area contributed by atoms with Gasteiger partial charge in [-0.2, -0.15) is 5.10 Å². The third-order valence-electron chi connectivity index (χ3n) is 5.91. The predicted octanol–water partition coefficient (Wildman–Crippen LogP) is 1.95. The van der Waals surface area contributed by atoms with Gasteiger partial charge in [0.25, 0.3) is 5.91 Å². The number of aromatic nitrogens is 2. The number of thiophene rings is 1. The summed E-state index contributed by atoms with van der Waals surface area (Å²) in [5, 5.41) is 6.55. The largest absolute Gasteiger partial charge is 0.347 e. The molecule has 2 aromatic heterocycles. The van der Waals surface area contributed by atoms with E-state index in [4.69, 9.17) is 9.47 Å². The van der Waals surface area contributed by atoms with Crippen LogP contribution in [0, 0.1) is 0 Å². The van der Waals surface area contributed by atoms with Crippen LogP contribution in [0.2, 0.25) is 0 Å². The molecule has 0 bridgehead atoms. The fourth-order valence-electron chi connectivity index (χ4n) is 4.35. The predicted molar refractivity (Wildman–Crippen MR) is 108 cm³/mol. The van der Waals surface area contributed by atoms with Crippen molar-refractivity contribution in [2.75, 3.05) is 37.8 Å². The molecule has 0 saturated carbocycles. The molecule has 1 spiro atoms. The third-order valence-corrected chi connectivity index (χ3v) is 8.55. The highest BCUT2D eigenvalue weighted by Gasteiger charge is 2.41. The molecule has 10 heteroatoms. The van der Waals surface area contributed by atoms with Crippen molar-refractivity contribution >= 4 is 27.1 Å². The molecular weight excluding hydrogens is 414 g/mol. The Hall–Kier alpha value is -1.75. The average molecular weight is 438 g/mol. The molecule has 29 heavy (non-hydrogen) atoms. The minimum absolute atomic E-state index is 0.0710. The zero-order chi connectivity index (χ0) is 20.1. The molecule has 0 aromatic carbocycles. The molecule has 0 unspecified atom stereocenters. The Balaban J connectivity index is 1.40. The highest BCUT2D eigenvalue weighted by Crippen LogP contribution is 2.34. The lowest BCUT2D eigenvalue weighted by molar-refractivity contribution is -0.181. The van der Waals surface area contributed by atoms with Gasteiger partial charge in [0.1, 0.15) is 0 Å². The normalized spacial score (nSPS) is 25.7. The Labute approximate surface area is 173 Å². The van der Waals surface area contributed by atoms with E-state index in [0.717, 1.165) is 10.6 Å². The maximum Gasteiger partial charge on any atom is 0.274 e. The lowest BCUT2D eigenvalue weighted by Crippen LogP contribution is -2.47. The fraction of sp³-hybridized carbons (Fsp3) is 0.579. The lowest BCUT2D eigenvalue weighted by Gasteiger charge is -2.37. The summed E-state index contributed by atoms with van der Waals surface area (Å²) < 4.78 is 37.2. The van der Waals surface area contributed by atoms with Gasteiger partial charge in [-0.25, -0.2) is 8.42 Å². The molecular formula is C19H23N3O5S2. The first kappa shape index (κ1) is 19.2. The number of carbonyl (C=O) groups excluding carboxylic acids is 1. The van der Waals surface area contributed by atoms with Crippen molar-refractivity contribution in [1.82, 2.24) is 14.7 Å². The number of amides is 1. The van der Waals surface area contributed by atoms with E-state index in [9.17, 15) is 13.2 Å². The van der Waals surface area contributed by atoms with Crippen molar-refractivity contribution in [3.63, 3.8) is 0 Å². The molecule has 0 radical (unpaired) electrons. The van der Waals surface area contributed by atoms with Crippen molar-refractivity contribution < 1.29 is 22.7 Å². The van der Waals surface area contributed by atoms with Crippen LogP contribution < -0.4 is 0 Å². The number of nitrogens with zero attached hydrogens (tertiary/aromatic N) is 3. The van der Waals surface area contributed by atoms with Crippen molar-refractivity contribution in [3.8, 4) is 10.6 Å². The van der Waals surface area contributed by atoms with E-state index in [1.54, 1.807) is 27.0 Å². The first-order valence-corrected chi connectivity index (χ1v) is 12.6. The summed E-state index contributed by atoms with van der Waals surface area (Å²) in [4.78, 5) is 15.9. The van der Waals surface area contributed by atoms with Crippen molar-refractivity contribution in [2.45, 2.75) is 31.1 Å². The van der Waals surface area contributed by atoms with Gasteiger partial charge in [-0.05, 0) is 23.9 Å². The number of likely N-dealkylation sites (tertiary alicyclic amines) is 1. The first-order valence-electron chi connectivity index (χ1n) is 9.86. The Morgan fingerprint density at radius 3 is 2.62 bits per heavy atom. The summed E-state index contributed by atoms with van der Waals surface area (Å²) >= 11 is 1.55. The van der Waals surface area contributed by atoms with Gasteiger partial charge >= 0.3 is 0 Å². The monoisotopic (exact) mass is 437 g/mol. The highest BCUT2D eigenvalue weighted by molar-refractivity contribution is 7.91. The number of carbonyl (C=O) groups is 1. The molecule has 3 aliphatic heterocycles. The van der Waals surface area contributed by atoms with Crippen LogP contribution in [-0.2, 0) is 19.3 Å². The summed E-state index contributed by atoms with van der Waals surface area (Å²) in [6.07, 6.45) is 1.83. The molecule has 156 valence electrons. The molecule has 2 aromatic rings. The zero-order valence-electron chi connectivity index (χ0n) is 16.0. The molecule has 1 amide bonds. The standard InChI is InChI=1S/C19H23N3O5S2/c23-18(21-6-4-19(5-7-21)26-8-9-27-19)15-12-16(17-2-1-10-28-17)22(20-15)14-3-11-29(24,25)13-14/h1-2,10,12,14H,3-9,11,13H2/t14-/m0/s1. The van der Waals surface area contributed by atoms with Crippen LogP contribution >= 0.6 is 11.3 Å². The molecule has 8 nitrogen and oxygen atoms in total. The Morgan fingerprint density at radius 2 is 2.00 bits per heavy atom. The summed E-state index contributed by atoms with van der Waals surface area (Å²) in [7, 11) is -3.05. The molecule has 5 rings (SSSR count). The molecule has 3 aliphatic rings. The quantitative estimate of drug-likeness (QED) is 0.729. The van der Waals surface area contributed by atoms with Crippen LogP contribution in [0.1, 0.15) is 35.8 Å². The maximum absolute atomic E-state index is 13.1. The van der Waals surface area contributed by atoms with Gasteiger partial charge in [0.15, 0.2) is 21.3 Å². The van der Waals surface area contributed by atoms with Gasteiger partial charge in [-0.15, -0.1) is 11.3 Å². The van der Waals surface area contributed by atoms with E-state index < -0.39 is 15.6 Å². The second-order valence-electron chi connectivity index (χ2n) is 7.79. The van der Waals surface area contributed by atoms with Crippen LogP contribution in [0.4, 0.5) is 0 Å². The number of piperidine rings is 1. The lowest BCUT2D eigenvalue weighted by atomic mass is 10.0. The van der Waals surface area contributed by atoms with Crippen LogP contribution in [0.25, 0.3) is 10.6 Å². The van der Waals surface area contributed by atoms with Crippen LogP contribution in [0.5, 0.6) is 0 Å². The van der Waals surface area contributed by atoms with E-state index in [1.165, 1.54) is 0 Å². The number of ether oxygens (including phenoxy) is 2. The van der Waals surface area contributed by atoms with Crippen LogP contribution in [0.15, 0.2) is 23.6 Å². The molecule has 3 fully saturated rings. The van der Waals surface area contributed by atoms with Crippen molar-refractivity contribution in [2.24, 2.45) is 0 Å². The van der Waals surface area contributed by atoms with Gasteiger partial charge < -0.3 is 14.4 Å². The third kappa shape index (κ3) is 3.63. The minimum atomic E-state index is -3.05. The van der Waals surface area contributed by atoms with Gasteiger partial charge in [-0.1, -0.05) is 6.07 Å². The molecule has 3 saturated heterocycles. The summed E-state index contributed by atoms with van der Waals surface area (Å²) in [5.74, 6) is -0.424. The first-order chi connectivity index (χ1) is 13.9. The minimum Gasteiger partial charge on any atom is -0.347 e. The number of sulfone groups is 1. The maximum atomic E-state index is 13.1. The van der Waals surface area contributed by atoms with Crippen LogP contribution in [-0.4, -0.2) is 72.6 Å². The van der Waals surface area contributed by atoms with Crippen LogP contribution in [0.3, 0.4) is 0 Å². The van der Waals surface area contributed by atoms with Gasteiger partial charge in [0, 0.05) is 25.9 Å². The van der Waals surface area contributed by atoms with E-state index in [1.807, 2.05) is 17.5 Å². The second kappa shape index (κ2) is 7.19. The second-order valence-corrected chi connectivity index (χ2v) is 11.0. The molecule has 0 N–H and O–H groups in total. The zero-order valence-corrected chi connectivity index (χ0v) is 17.6. The molecule has 1 atom stereocenters. The van der Waals surface area contributed by atoms with Gasteiger partial charge in [-0.3, -0.25) is 9.48 Å². The Bertz CT molecular complexity index is 999. The van der Waals surface area contributed by atoms with E-state index in [-0.39, 0.29) is 23.5 Å². The SMILES string of the molecule is O=C(c1cc(-c2cccs2)n([C@H]2CCS(=O)(=O)C2)n1)N1CCC2(CC1)OCCO2. The fourth-order valence-corrected chi connectivity index (χ4v) is 6.78. The smallest absolute Gasteiger partial charge is 0.274 e. The van der Waals surface area contributed by atoms with E-state index >= 15 is 0 Å².